The molecule has 3 N–H and O–H groups in total. The Morgan fingerprint density at radius 1 is 1.50 bits per heavy atom. The molecule has 0 saturated heterocycles. The van der Waals surface area contributed by atoms with Gasteiger partial charge in [-0.1, -0.05) is 6.92 Å². The molecule has 0 amide bonds. The van der Waals surface area contributed by atoms with Crippen molar-refractivity contribution in [3.05, 3.63) is 17.1 Å². The van der Waals surface area contributed by atoms with Gasteiger partial charge >= 0.3 is 0 Å². The Balaban J connectivity index is 2.14. The average Bonchev–Trinajstić information content (AvgIpc) is 2.65. The normalized spacial score (nSPS) is 12.8. The number of nitrogens with two attached hydrogens (primary N) is 1. The first-order valence-corrected chi connectivity index (χ1v) is 8.20. The maximum absolute atomic E-state index is 6.07. The van der Waals surface area contributed by atoms with Gasteiger partial charge in [0.2, 0.25) is 0 Å². The number of thiazole rings is 1. The summed E-state index contributed by atoms with van der Waals surface area (Å²) < 4.78 is 1.16. The molecule has 0 radical (unpaired) electrons. The Morgan fingerprint density at radius 3 is 3.00 bits per heavy atom. The van der Waals surface area contributed by atoms with Gasteiger partial charge in [-0.2, -0.15) is 11.8 Å². The van der Waals surface area contributed by atoms with Crippen LogP contribution in [-0.2, 0) is 0 Å². The van der Waals surface area contributed by atoms with Gasteiger partial charge in [0.25, 0.3) is 0 Å². The number of thioether (sulfide) groups is 1. The first kappa shape index (κ1) is 13.5. The van der Waals surface area contributed by atoms with Crippen LogP contribution < -0.4 is 11.1 Å². The van der Waals surface area contributed by atoms with Gasteiger partial charge in [0.15, 0.2) is 0 Å². The SMILES string of the molecule is CSCC(C)CNc1cc2nc(C)sc2cc1N. The van der Waals surface area contributed by atoms with Crippen LogP contribution in [0.5, 0.6) is 0 Å². The van der Waals surface area contributed by atoms with Crippen LogP contribution in [0.1, 0.15) is 11.9 Å². The van der Waals surface area contributed by atoms with Crippen molar-refractivity contribution in [1.82, 2.24) is 4.98 Å². The summed E-state index contributed by atoms with van der Waals surface area (Å²) in [5.74, 6) is 1.79. The summed E-state index contributed by atoms with van der Waals surface area (Å²) in [4.78, 5) is 4.50. The third-order valence-corrected chi connectivity index (χ3v) is 4.59. The van der Waals surface area contributed by atoms with Crippen molar-refractivity contribution in [2.45, 2.75) is 13.8 Å². The second kappa shape index (κ2) is 5.80. The molecule has 0 saturated carbocycles. The zero-order valence-corrected chi connectivity index (χ0v) is 12.6. The van der Waals surface area contributed by atoms with Gasteiger partial charge in [0.05, 0.1) is 26.6 Å². The molecule has 1 aromatic heterocycles. The predicted octanol–water partition coefficient (Wildman–Crippen LogP) is 3.60. The second-order valence-corrected chi connectivity index (χ2v) is 6.73. The van der Waals surface area contributed by atoms with Crippen LogP contribution in [0.15, 0.2) is 12.1 Å². The summed E-state index contributed by atoms with van der Waals surface area (Å²) in [7, 11) is 0. The molecule has 0 aliphatic heterocycles. The Hall–Kier alpha value is -0.940. The van der Waals surface area contributed by atoms with Gasteiger partial charge in [-0.05, 0) is 37.0 Å². The first-order chi connectivity index (χ1) is 8.60. The lowest BCUT2D eigenvalue weighted by Crippen LogP contribution is -2.14. The van der Waals surface area contributed by atoms with E-state index >= 15 is 0 Å². The molecule has 0 spiro atoms. The lowest BCUT2D eigenvalue weighted by atomic mass is 10.2. The molecular weight excluding hydrogens is 262 g/mol. The van der Waals surface area contributed by atoms with E-state index in [2.05, 4.69) is 29.5 Å². The fraction of sp³-hybridized carbons (Fsp3) is 0.462. The summed E-state index contributed by atoms with van der Waals surface area (Å²) in [5.41, 5.74) is 8.91. The van der Waals surface area contributed by atoms with Crippen LogP contribution in [0.25, 0.3) is 10.2 Å². The van der Waals surface area contributed by atoms with Crippen molar-refractivity contribution < 1.29 is 0 Å². The maximum atomic E-state index is 6.07. The van der Waals surface area contributed by atoms with Gasteiger partial charge in [0, 0.05) is 6.54 Å². The molecule has 5 heteroatoms. The summed E-state index contributed by atoms with van der Waals surface area (Å²) in [5, 5.41) is 4.51. The number of fused-ring (bicyclic) bond motifs is 1. The minimum absolute atomic E-state index is 0.632. The monoisotopic (exact) mass is 281 g/mol. The van der Waals surface area contributed by atoms with Gasteiger partial charge in [-0.25, -0.2) is 4.98 Å². The van der Waals surface area contributed by atoms with Crippen molar-refractivity contribution in [3.8, 4) is 0 Å². The molecule has 18 heavy (non-hydrogen) atoms. The van der Waals surface area contributed by atoms with E-state index in [0.29, 0.717) is 5.92 Å². The van der Waals surface area contributed by atoms with Crippen molar-refractivity contribution in [1.29, 1.82) is 0 Å². The topological polar surface area (TPSA) is 50.9 Å². The molecular formula is C13H19N3S2. The number of rotatable bonds is 5. The molecule has 98 valence electrons. The maximum Gasteiger partial charge on any atom is 0.0907 e. The highest BCUT2D eigenvalue weighted by Gasteiger charge is 2.07. The van der Waals surface area contributed by atoms with Crippen LogP contribution in [0.2, 0.25) is 0 Å². The van der Waals surface area contributed by atoms with Crippen LogP contribution in [0, 0.1) is 12.8 Å². The number of aryl methyl sites for hydroxylation is 1. The van der Waals surface area contributed by atoms with E-state index < -0.39 is 0 Å². The second-order valence-electron chi connectivity index (χ2n) is 4.58. The number of hydrogen-bond acceptors (Lipinski definition) is 5. The van der Waals surface area contributed by atoms with E-state index in [1.807, 2.05) is 24.8 Å². The van der Waals surface area contributed by atoms with E-state index in [1.54, 1.807) is 11.3 Å². The highest BCUT2D eigenvalue weighted by molar-refractivity contribution is 7.98. The van der Waals surface area contributed by atoms with E-state index in [4.69, 9.17) is 5.73 Å². The molecule has 0 aliphatic rings. The third kappa shape index (κ3) is 3.09. The number of hydrogen-bond donors (Lipinski definition) is 2. The van der Waals surface area contributed by atoms with E-state index in [1.165, 1.54) is 0 Å². The highest BCUT2D eigenvalue weighted by atomic mass is 32.2. The summed E-state index contributed by atoms with van der Waals surface area (Å²) >= 11 is 3.56. The highest BCUT2D eigenvalue weighted by Crippen LogP contribution is 2.29. The molecule has 2 rings (SSSR count). The van der Waals surface area contributed by atoms with Crippen LogP contribution in [0.4, 0.5) is 11.4 Å². The molecule has 0 fully saturated rings. The molecule has 3 nitrogen and oxygen atoms in total. The van der Waals surface area contributed by atoms with Gasteiger partial charge in [0.1, 0.15) is 0 Å². The number of aromatic nitrogens is 1. The zero-order chi connectivity index (χ0) is 13.1. The molecule has 1 heterocycles. The van der Waals surface area contributed by atoms with Crippen molar-refractivity contribution in [2.24, 2.45) is 5.92 Å². The average molecular weight is 281 g/mol. The lowest BCUT2D eigenvalue weighted by molar-refractivity contribution is 0.702. The van der Waals surface area contributed by atoms with Crippen molar-refractivity contribution in [2.75, 3.05) is 29.6 Å². The number of nitrogen functional groups attached to an aromatic ring is 1. The smallest absolute Gasteiger partial charge is 0.0907 e. The Labute approximate surface area is 116 Å². The Kier molecular flexibility index (Phi) is 4.35. The number of anilines is 2. The quantitative estimate of drug-likeness (QED) is 0.822. The van der Waals surface area contributed by atoms with E-state index in [9.17, 15) is 0 Å². The van der Waals surface area contributed by atoms with Crippen molar-refractivity contribution >= 4 is 44.7 Å². The zero-order valence-electron chi connectivity index (χ0n) is 11.0. The van der Waals surface area contributed by atoms with Crippen LogP contribution >= 0.6 is 23.1 Å². The number of nitrogens with one attached hydrogen (secondary N) is 1. The standard InChI is InChI=1S/C13H19N3S2/c1-8(7-17-3)6-15-11-5-12-13(4-10(11)14)18-9(2)16-12/h4-5,8,15H,6-7,14H2,1-3H3. The molecule has 0 bridgehead atoms. The van der Waals surface area contributed by atoms with E-state index in [-0.39, 0.29) is 0 Å². The summed E-state index contributed by atoms with van der Waals surface area (Å²) in [6, 6.07) is 4.07. The van der Waals surface area contributed by atoms with Crippen molar-refractivity contribution in [3.63, 3.8) is 0 Å². The fourth-order valence-corrected chi connectivity index (χ4v) is 3.43. The molecule has 1 unspecified atom stereocenters. The molecule has 2 aromatic rings. The number of nitrogens with zero attached hydrogens (tertiary/aromatic N) is 1. The minimum atomic E-state index is 0.632. The van der Waals surface area contributed by atoms with Crippen LogP contribution in [-0.4, -0.2) is 23.5 Å². The predicted molar refractivity (Wildman–Crippen MR) is 84.8 cm³/mol. The Bertz CT molecular complexity index is 536. The van der Waals surface area contributed by atoms with E-state index in [0.717, 1.165) is 38.9 Å². The first-order valence-electron chi connectivity index (χ1n) is 5.99. The van der Waals surface area contributed by atoms with Gasteiger partial charge in [-0.3, -0.25) is 0 Å². The number of benzene rings is 1. The minimum Gasteiger partial charge on any atom is -0.397 e. The lowest BCUT2D eigenvalue weighted by Gasteiger charge is -2.13. The Morgan fingerprint density at radius 2 is 2.28 bits per heavy atom. The summed E-state index contributed by atoms with van der Waals surface area (Å²) in [6.45, 7) is 5.21. The van der Waals surface area contributed by atoms with Gasteiger partial charge in [-0.15, -0.1) is 11.3 Å². The third-order valence-electron chi connectivity index (χ3n) is 2.76. The molecule has 1 atom stereocenters. The fourth-order valence-electron chi connectivity index (χ4n) is 1.89. The molecule has 1 aromatic carbocycles. The van der Waals surface area contributed by atoms with Gasteiger partial charge < -0.3 is 11.1 Å². The van der Waals surface area contributed by atoms with Crippen LogP contribution in [0.3, 0.4) is 0 Å². The largest absolute Gasteiger partial charge is 0.397 e. The summed E-state index contributed by atoms with van der Waals surface area (Å²) in [6.07, 6.45) is 2.13. The molecule has 0 aliphatic carbocycles.